The molecule has 0 aromatic heterocycles. The summed E-state index contributed by atoms with van der Waals surface area (Å²) in [7, 11) is 0. The van der Waals surface area contributed by atoms with Gasteiger partial charge in [0, 0.05) is 19.3 Å². The molecule has 0 saturated carbocycles. The smallest absolute Gasteiger partial charge is 0.134 e. The third-order valence-electron chi connectivity index (χ3n) is 4.66. The maximum atomic E-state index is 4.77. The third-order valence-corrected chi connectivity index (χ3v) is 4.66. The van der Waals surface area contributed by atoms with Gasteiger partial charge >= 0.3 is 0 Å². The van der Waals surface area contributed by atoms with Gasteiger partial charge in [-0.2, -0.15) is 0 Å². The number of aliphatic imine (C=N–C) groups is 1. The van der Waals surface area contributed by atoms with Gasteiger partial charge in [-0.25, -0.2) is 0 Å². The fourth-order valence-corrected chi connectivity index (χ4v) is 3.35. The monoisotopic (exact) mass is 263 g/mol. The van der Waals surface area contributed by atoms with E-state index in [1.807, 2.05) is 6.21 Å². The topological polar surface area (TPSA) is 27.6 Å². The standard InChI is InChI=1S/C16H29N3/c1-4-17-11-6-15-7-12-19(13-8-15)16(14(2)3)9-5-10-18-16/h5,9-10,14-15,17H,4,6-8,11-13H2,1-3H3. The van der Waals surface area contributed by atoms with E-state index in [-0.39, 0.29) is 5.66 Å². The van der Waals surface area contributed by atoms with E-state index in [0.717, 1.165) is 12.5 Å². The predicted octanol–water partition coefficient (Wildman–Crippen LogP) is 2.69. The van der Waals surface area contributed by atoms with Gasteiger partial charge in [0.25, 0.3) is 0 Å². The van der Waals surface area contributed by atoms with Crippen molar-refractivity contribution in [2.24, 2.45) is 16.8 Å². The molecule has 2 aliphatic heterocycles. The molecule has 0 bridgehead atoms. The average Bonchev–Trinajstić information content (AvgIpc) is 2.90. The van der Waals surface area contributed by atoms with Crippen LogP contribution in [0.25, 0.3) is 0 Å². The molecule has 1 unspecified atom stereocenters. The van der Waals surface area contributed by atoms with Crippen molar-refractivity contribution in [2.45, 2.75) is 45.7 Å². The Hall–Kier alpha value is -0.670. The molecule has 0 aromatic carbocycles. The molecular weight excluding hydrogens is 234 g/mol. The SMILES string of the molecule is CCNCCC1CCN(C2(C(C)C)C=CC=N2)CC1. The number of piperidine rings is 1. The average molecular weight is 263 g/mol. The molecule has 2 aliphatic rings. The summed E-state index contributed by atoms with van der Waals surface area (Å²) >= 11 is 0. The fourth-order valence-electron chi connectivity index (χ4n) is 3.35. The van der Waals surface area contributed by atoms with Crippen LogP contribution in [0.15, 0.2) is 17.1 Å². The molecule has 0 aromatic rings. The van der Waals surface area contributed by atoms with Gasteiger partial charge in [0.2, 0.25) is 0 Å². The zero-order valence-electron chi connectivity index (χ0n) is 12.7. The van der Waals surface area contributed by atoms with Crippen molar-refractivity contribution in [3.05, 3.63) is 12.2 Å². The molecule has 1 saturated heterocycles. The van der Waals surface area contributed by atoms with Gasteiger partial charge in [0.1, 0.15) is 5.66 Å². The summed E-state index contributed by atoms with van der Waals surface area (Å²) in [6.07, 6.45) is 10.3. The molecule has 2 rings (SSSR count). The molecule has 3 heteroatoms. The highest BCUT2D eigenvalue weighted by atomic mass is 15.3. The van der Waals surface area contributed by atoms with E-state index >= 15 is 0 Å². The van der Waals surface area contributed by atoms with Crippen LogP contribution in [-0.2, 0) is 0 Å². The highest BCUT2D eigenvalue weighted by Crippen LogP contribution is 2.34. The molecule has 1 atom stereocenters. The van der Waals surface area contributed by atoms with E-state index in [9.17, 15) is 0 Å². The van der Waals surface area contributed by atoms with Crippen molar-refractivity contribution in [2.75, 3.05) is 26.2 Å². The van der Waals surface area contributed by atoms with Crippen molar-refractivity contribution in [1.82, 2.24) is 10.2 Å². The third kappa shape index (κ3) is 3.26. The minimum Gasteiger partial charge on any atom is -0.317 e. The van der Waals surface area contributed by atoms with E-state index in [0.29, 0.717) is 5.92 Å². The first-order valence-corrected chi connectivity index (χ1v) is 7.88. The second-order valence-corrected chi connectivity index (χ2v) is 6.15. The fraction of sp³-hybridized carbons (Fsp3) is 0.812. The van der Waals surface area contributed by atoms with Crippen molar-refractivity contribution in [3.8, 4) is 0 Å². The van der Waals surface area contributed by atoms with Crippen molar-refractivity contribution >= 4 is 6.21 Å². The van der Waals surface area contributed by atoms with E-state index < -0.39 is 0 Å². The summed E-state index contributed by atoms with van der Waals surface area (Å²) in [6.45, 7) is 11.4. The highest BCUT2D eigenvalue weighted by molar-refractivity contribution is 5.75. The molecule has 19 heavy (non-hydrogen) atoms. The second-order valence-electron chi connectivity index (χ2n) is 6.15. The van der Waals surface area contributed by atoms with E-state index in [4.69, 9.17) is 4.99 Å². The quantitative estimate of drug-likeness (QED) is 0.746. The second kappa shape index (κ2) is 6.67. The lowest BCUT2D eigenvalue weighted by Gasteiger charge is -2.44. The number of rotatable bonds is 6. The Bertz CT molecular complexity index is 313. The number of hydrogen-bond donors (Lipinski definition) is 1. The van der Waals surface area contributed by atoms with Crippen LogP contribution in [0.5, 0.6) is 0 Å². The van der Waals surface area contributed by atoms with Gasteiger partial charge in [-0.05, 0) is 56.3 Å². The number of allylic oxidation sites excluding steroid dienone is 1. The van der Waals surface area contributed by atoms with E-state index in [1.165, 1.54) is 38.9 Å². The van der Waals surface area contributed by atoms with Crippen LogP contribution in [0.2, 0.25) is 0 Å². The number of likely N-dealkylation sites (tertiary alicyclic amines) is 1. The van der Waals surface area contributed by atoms with Crippen molar-refractivity contribution < 1.29 is 0 Å². The zero-order chi connectivity index (χ0) is 13.7. The maximum Gasteiger partial charge on any atom is 0.134 e. The van der Waals surface area contributed by atoms with Gasteiger partial charge in [0.15, 0.2) is 0 Å². The summed E-state index contributed by atoms with van der Waals surface area (Å²) < 4.78 is 0. The van der Waals surface area contributed by atoms with Crippen molar-refractivity contribution in [3.63, 3.8) is 0 Å². The van der Waals surface area contributed by atoms with Gasteiger partial charge in [0.05, 0.1) is 0 Å². The largest absolute Gasteiger partial charge is 0.317 e. The summed E-state index contributed by atoms with van der Waals surface area (Å²) in [5.74, 6) is 1.44. The predicted molar refractivity (Wildman–Crippen MR) is 82.7 cm³/mol. The summed E-state index contributed by atoms with van der Waals surface area (Å²) in [5, 5.41) is 3.44. The van der Waals surface area contributed by atoms with Gasteiger partial charge in [-0.15, -0.1) is 0 Å². The van der Waals surface area contributed by atoms with Crippen LogP contribution in [0.3, 0.4) is 0 Å². The lowest BCUT2D eigenvalue weighted by Crippen LogP contribution is -2.52. The summed E-state index contributed by atoms with van der Waals surface area (Å²) in [4.78, 5) is 7.35. The minimum absolute atomic E-state index is 0.0490. The summed E-state index contributed by atoms with van der Waals surface area (Å²) in [5.41, 5.74) is -0.0490. The minimum atomic E-state index is -0.0490. The molecule has 0 aliphatic carbocycles. The first kappa shape index (κ1) is 14.7. The van der Waals surface area contributed by atoms with Crippen LogP contribution in [0.1, 0.15) is 40.0 Å². The van der Waals surface area contributed by atoms with Gasteiger partial charge < -0.3 is 5.32 Å². The number of nitrogens with one attached hydrogen (secondary N) is 1. The Balaban J connectivity index is 1.85. The molecular formula is C16H29N3. The molecule has 0 amide bonds. The van der Waals surface area contributed by atoms with Gasteiger partial charge in [-0.1, -0.05) is 20.8 Å². The van der Waals surface area contributed by atoms with Crippen LogP contribution >= 0.6 is 0 Å². The van der Waals surface area contributed by atoms with Crippen LogP contribution in [0.4, 0.5) is 0 Å². The summed E-state index contributed by atoms with van der Waals surface area (Å²) in [6, 6.07) is 0. The number of nitrogens with zero attached hydrogens (tertiary/aromatic N) is 2. The van der Waals surface area contributed by atoms with E-state index in [1.54, 1.807) is 0 Å². The lowest BCUT2D eigenvalue weighted by atomic mass is 9.88. The molecule has 108 valence electrons. The van der Waals surface area contributed by atoms with Crippen molar-refractivity contribution in [1.29, 1.82) is 0 Å². The Kier molecular flexibility index (Phi) is 5.17. The Morgan fingerprint density at radius 2 is 2.11 bits per heavy atom. The first-order chi connectivity index (χ1) is 9.19. The van der Waals surface area contributed by atoms with Crippen LogP contribution in [-0.4, -0.2) is 43.0 Å². The van der Waals surface area contributed by atoms with Crippen LogP contribution in [0, 0.1) is 11.8 Å². The lowest BCUT2D eigenvalue weighted by molar-refractivity contribution is 0.0566. The highest BCUT2D eigenvalue weighted by Gasteiger charge is 2.39. The molecule has 3 nitrogen and oxygen atoms in total. The Labute approximate surface area is 118 Å². The maximum absolute atomic E-state index is 4.77. The van der Waals surface area contributed by atoms with Gasteiger partial charge in [-0.3, -0.25) is 9.89 Å². The normalized spacial score (nSPS) is 28.6. The van der Waals surface area contributed by atoms with E-state index in [2.05, 4.69) is 43.1 Å². The molecule has 2 heterocycles. The Morgan fingerprint density at radius 3 is 2.63 bits per heavy atom. The molecule has 1 fully saturated rings. The Morgan fingerprint density at radius 1 is 1.37 bits per heavy atom. The molecule has 1 N–H and O–H groups in total. The van der Waals surface area contributed by atoms with Crippen LogP contribution < -0.4 is 5.32 Å². The molecule has 0 spiro atoms. The number of hydrogen-bond acceptors (Lipinski definition) is 3. The molecule has 0 radical (unpaired) electrons. The first-order valence-electron chi connectivity index (χ1n) is 7.88. The zero-order valence-corrected chi connectivity index (χ0v) is 12.7.